The van der Waals surface area contributed by atoms with Crippen LogP contribution in [0.25, 0.3) is 0 Å². The van der Waals surface area contributed by atoms with E-state index in [1.807, 2.05) is 4.90 Å². The molecule has 1 N–H and O–H groups in total. The topological polar surface area (TPSA) is 63.2 Å². The minimum Gasteiger partial charge on any atom is -0.497 e. The number of methoxy groups -OCH3 is 1. The summed E-state index contributed by atoms with van der Waals surface area (Å²) in [5.74, 6) is -2.53. The molecule has 1 fully saturated rings. The molecule has 0 radical (unpaired) electrons. The first-order valence-electron chi connectivity index (χ1n) is 10.3. The van der Waals surface area contributed by atoms with Gasteiger partial charge in [0.2, 0.25) is 5.82 Å². The van der Waals surface area contributed by atoms with Crippen LogP contribution in [0, 0.1) is 5.82 Å². The Bertz CT molecular complexity index is 1070. The lowest BCUT2D eigenvalue weighted by Crippen LogP contribution is -2.25. The first kappa shape index (κ1) is 21.9. The van der Waals surface area contributed by atoms with E-state index in [2.05, 4.69) is 20.3 Å². The molecule has 1 atom stereocenters. The number of pyridine rings is 1. The summed E-state index contributed by atoms with van der Waals surface area (Å²) in [5.41, 5.74) is 1.48. The lowest BCUT2D eigenvalue weighted by molar-refractivity contribution is 0.0174. The second-order valence-electron chi connectivity index (χ2n) is 7.76. The Balaban J connectivity index is 1.54. The Morgan fingerprint density at radius 2 is 1.94 bits per heavy atom. The van der Waals surface area contributed by atoms with Crippen LogP contribution in [0.1, 0.15) is 42.6 Å². The first-order valence-corrected chi connectivity index (χ1v) is 10.3. The third-order valence-electron chi connectivity index (χ3n) is 5.56. The van der Waals surface area contributed by atoms with Crippen LogP contribution >= 0.6 is 0 Å². The molecule has 0 aliphatic carbocycles. The van der Waals surface area contributed by atoms with Crippen molar-refractivity contribution < 1.29 is 17.9 Å². The van der Waals surface area contributed by atoms with Crippen molar-refractivity contribution in [3.8, 4) is 5.75 Å². The summed E-state index contributed by atoms with van der Waals surface area (Å²) >= 11 is 0. The Labute approximate surface area is 184 Å². The highest BCUT2D eigenvalue weighted by atomic mass is 19.3. The van der Waals surface area contributed by atoms with Crippen LogP contribution in [0.4, 0.5) is 24.8 Å². The van der Waals surface area contributed by atoms with Crippen molar-refractivity contribution in [2.45, 2.75) is 38.3 Å². The van der Waals surface area contributed by atoms with E-state index in [-0.39, 0.29) is 29.8 Å². The molecular formula is C23H24F3N5O. The zero-order valence-electron chi connectivity index (χ0n) is 17.9. The summed E-state index contributed by atoms with van der Waals surface area (Å²) in [5, 5.41) is 2.97. The lowest BCUT2D eigenvalue weighted by atomic mass is 10.0. The maximum Gasteiger partial charge on any atom is 0.270 e. The van der Waals surface area contributed by atoms with E-state index < -0.39 is 11.7 Å². The minimum atomic E-state index is -2.90. The van der Waals surface area contributed by atoms with Gasteiger partial charge in [-0.25, -0.2) is 18.7 Å². The van der Waals surface area contributed by atoms with Gasteiger partial charge in [-0.2, -0.15) is 4.39 Å². The summed E-state index contributed by atoms with van der Waals surface area (Å²) < 4.78 is 47.6. The van der Waals surface area contributed by atoms with Gasteiger partial charge in [0, 0.05) is 31.3 Å². The van der Waals surface area contributed by atoms with Crippen LogP contribution in [0.2, 0.25) is 0 Å². The first-order chi connectivity index (χ1) is 15.4. The van der Waals surface area contributed by atoms with E-state index in [1.54, 1.807) is 37.6 Å². The van der Waals surface area contributed by atoms with Crippen molar-refractivity contribution in [1.29, 1.82) is 0 Å². The van der Waals surface area contributed by atoms with Gasteiger partial charge in [0.15, 0.2) is 11.6 Å². The van der Waals surface area contributed by atoms with Gasteiger partial charge in [0.25, 0.3) is 5.92 Å². The van der Waals surface area contributed by atoms with Crippen LogP contribution in [0.15, 0.2) is 48.9 Å². The maximum absolute atomic E-state index is 15.3. The quantitative estimate of drug-likeness (QED) is 0.549. The summed E-state index contributed by atoms with van der Waals surface area (Å²) in [6.45, 7) is 1.75. The number of hydrogen-bond donors (Lipinski definition) is 1. The van der Waals surface area contributed by atoms with Crippen molar-refractivity contribution in [3.63, 3.8) is 0 Å². The van der Waals surface area contributed by atoms with Crippen LogP contribution < -0.4 is 15.0 Å². The molecule has 0 bridgehead atoms. The van der Waals surface area contributed by atoms with E-state index in [0.717, 1.165) is 25.3 Å². The van der Waals surface area contributed by atoms with Crippen molar-refractivity contribution in [3.05, 3.63) is 71.6 Å². The summed E-state index contributed by atoms with van der Waals surface area (Å²) in [6.07, 6.45) is 4.56. The van der Waals surface area contributed by atoms with Gasteiger partial charge in [-0.15, -0.1) is 0 Å². The SMILES string of the molecule is COc1ccnc(CNc2ncnc(N3CCCC3c3ccc(C(C)(F)F)cc3)c2F)c1. The van der Waals surface area contributed by atoms with Gasteiger partial charge in [0.05, 0.1) is 25.4 Å². The molecule has 1 aliphatic heterocycles. The second kappa shape index (κ2) is 9.02. The molecule has 1 saturated heterocycles. The number of anilines is 2. The van der Waals surface area contributed by atoms with Crippen LogP contribution in [0.3, 0.4) is 0 Å². The Morgan fingerprint density at radius 1 is 1.16 bits per heavy atom. The number of ether oxygens (including phenoxy) is 1. The Morgan fingerprint density at radius 3 is 2.66 bits per heavy atom. The van der Waals surface area contributed by atoms with Gasteiger partial charge in [-0.3, -0.25) is 4.98 Å². The predicted molar refractivity (Wildman–Crippen MR) is 115 cm³/mol. The molecule has 0 spiro atoms. The smallest absolute Gasteiger partial charge is 0.270 e. The molecule has 1 aliphatic rings. The monoisotopic (exact) mass is 443 g/mol. The molecular weight excluding hydrogens is 419 g/mol. The van der Waals surface area contributed by atoms with E-state index in [0.29, 0.717) is 18.0 Å². The number of halogens is 3. The maximum atomic E-state index is 15.3. The highest BCUT2D eigenvalue weighted by molar-refractivity contribution is 5.53. The van der Waals surface area contributed by atoms with E-state index >= 15 is 4.39 Å². The van der Waals surface area contributed by atoms with Crippen molar-refractivity contribution >= 4 is 11.6 Å². The van der Waals surface area contributed by atoms with Gasteiger partial charge < -0.3 is 15.0 Å². The molecule has 2 aromatic heterocycles. The predicted octanol–water partition coefficient (Wildman–Crippen LogP) is 5.08. The average molecular weight is 443 g/mol. The second-order valence-corrected chi connectivity index (χ2v) is 7.76. The molecule has 3 heterocycles. The minimum absolute atomic E-state index is 0.0448. The fourth-order valence-corrected chi connectivity index (χ4v) is 3.90. The molecule has 6 nitrogen and oxygen atoms in total. The number of hydrogen-bond acceptors (Lipinski definition) is 6. The number of rotatable bonds is 7. The fraction of sp³-hybridized carbons (Fsp3) is 0.348. The summed E-state index contributed by atoms with van der Waals surface area (Å²) in [4.78, 5) is 14.3. The number of nitrogens with one attached hydrogen (secondary N) is 1. The molecule has 0 saturated carbocycles. The molecule has 4 rings (SSSR count). The summed E-state index contributed by atoms with van der Waals surface area (Å²) in [7, 11) is 1.57. The van der Waals surface area contributed by atoms with Crippen LogP contribution in [-0.2, 0) is 12.5 Å². The number of nitrogens with zero attached hydrogens (tertiary/aromatic N) is 4. The molecule has 3 aromatic rings. The molecule has 0 amide bonds. The lowest BCUT2D eigenvalue weighted by Gasteiger charge is -2.27. The van der Waals surface area contributed by atoms with Crippen molar-refractivity contribution in [2.75, 3.05) is 23.9 Å². The van der Waals surface area contributed by atoms with Crippen molar-refractivity contribution in [2.24, 2.45) is 0 Å². The normalized spacial score (nSPS) is 16.3. The fourth-order valence-electron chi connectivity index (χ4n) is 3.90. The molecule has 168 valence electrons. The van der Waals surface area contributed by atoms with E-state index in [4.69, 9.17) is 4.74 Å². The highest BCUT2D eigenvalue weighted by Gasteiger charge is 2.31. The molecule has 9 heteroatoms. The number of alkyl halides is 2. The van der Waals surface area contributed by atoms with E-state index in [9.17, 15) is 8.78 Å². The Kier molecular flexibility index (Phi) is 6.16. The number of benzene rings is 1. The molecule has 1 unspecified atom stereocenters. The van der Waals surface area contributed by atoms with Crippen molar-refractivity contribution in [1.82, 2.24) is 15.0 Å². The summed E-state index contributed by atoms with van der Waals surface area (Å²) in [6, 6.07) is 9.56. The van der Waals surface area contributed by atoms with Gasteiger partial charge in [0.1, 0.15) is 12.1 Å². The average Bonchev–Trinajstić information content (AvgIpc) is 3.28. The van der Waals surface area contributed by atoms with E-state index in [1.165, 1.54) is 18.5 Å². The largest absolute Gasteiger partial charge is 0.497 e. The zero-order valence-corrected chi connectivity index (χ0v) is 17.9. The van der Waals surface area contributed by atoms with Crippen LogP contribution in [-0.4, -0.2) is 28.6 Å². The van der Waals surface area contributed by atoms with Gasteiger partial charge in [-0.05, 0) is 24.5 Å². The molecule has 1 aromatic carbocycles. The zero-order chi connectivity index (χ0) is 22.7. The third-order valence-corrected chi connectivity index (χ3v) is 5.56. The van der Waals surface area contributed by atoms with Gasteiger partial charge >= 0.3 is 0 Å². The highest BCUT2D eigenvalue weighted by Crippen LogP contribution is 2.38. The standard InChI is InChI=1S/C23H24F3N5O/c1-23(25,26)16-7-5-15(6-8-16)19-4-3-11-31(19)22-20(24)21(29-14-30-22)28-13-17-12-18(32-2)9-10-27-17/h5-10,12,14,19H,3-4,11,13H2,1-2H3,(H,28,29,30). The van der Waals surface area contributed by atoms with Crippen LogP contribution in [0.5, 0.6) is 5.75 Å². The third kappa shape index (κ3) is 4.61. The number of aromatic nitrogens is 3. The van der Waals surface area contributed by atoms with Gasteiger partial charge in [-0.1, -0.05) is 24.3 Å². The molecule has 32 heavy (non-hydrogen) atoms. The Hall–Kier alpha value is -3.36.